The van der Waals surface area contributed by atoms with Gasteiger partial charge in [-0.1, -0.05) is 13.8 Å². The second-order valence-corrected chi connectivity index (χ2v) is 9.58. The lowest BCUT2D eigenvalue weighted by Crippen LogP contribution is -2.54. The SMILES string of the molecule is CC(=O)O[C@@H]1CC[C@@]2(C)[C@@H](CC[C@H]3[C@H]2CC[C@]2(C)C(=O)CC[C@@H]32)C1. The number of esters is 1. The van der Waals surface area contributed by atoms with Crippen LogP contribution in [0.25, 0.3) is 0 Å². The van der Waals surface area contributed by atoms with Crippen LogP contribution in [0.4, 0.5) is 0 Å². The Bertz CT molecular complexity index is 555. The van der Waals surface area contributed by atoms with Gasteiger partial charge in [0.1, 0.15) is 11.9 Å². The molecule has 0 bridgehead atoms. The maximum atomic E-state index is 12.5. The topological polar surface area (TPSA) is 43.4 Å². The fourth-order valence-corrected chi connectivity index (χ4v) is 7.33. The van der Waals surface area contributed by atoms with Gasteiger partial charge in [-0.3, -0.25) is 9.59 Å². The molecule has 4 rings (SSSR count). The number of rotatable bonds is 1. The van der Waals surface area contributed by atoms with E-state index in [0.717, 1.165) is 43.9 Å². The number of ketones is 1. The van der Waals surface area contributed by atoms with Gasteiger partial charge in [0.25, 0.3) is 0 Å². The summed E-state index contributed by atoms with van der Waals surface area (Å²) in [5.74, 6) is 3.26. The summed E-state index contributed by atoms with van der Waals surface area (Å²) >= 11 is 0. The third kappa shape index (κ3) is 2.29. The molecular weight excluding hydrogens is 300 g/mol. The van der Waals surface area contributed by atoms with Crippen molar-refractivity contribution in [3.05, 3.63) is 0 Å². The van der Waals surface area contributed by atoms with Crippen molar-refractivity contribution in [3.8, 4) is 0 Å². The van der Waals surface area contributed by atoms with Gasteiger partial charge >= 0.3 is 5.97 Å². The zero-order valence-electron chi connectivity index (χ0n) is 15.5. The second kappa shape index (κ2) is 5.57. The predicted molar refractivity (Wildman–Crippen MR) is 92.3 cm³/mol. The van der Waals surface area contributed by atoms with Crippen molar-refractivity contribution >= 4 is 11.8 Å². The van der Waals surface area contributed by atoms with Crippen LogP contribution in [0.15, 0.2) is 0 Å². The molecule has 0 aromatic heterocycles. The van der Waals surface area contributed by atoms with E-state index in [4.69, 9.17) is 4.74 Å². The molecule has 0 aromatic rings. The van der Waals surface area contributed by atoms with Crippen LogP contribution in [0.2, 0.25) is 0 Å². The fourth-order valence-electron chi connectivity index (χ4n) is 7.33. The van der Waals surface area contributed by atoms with Crippen LogP contribution in [-0.2, 0) is 14.3 Å². The van der Waals surface area contributed by atoms with Gasteiger partial charge in [-0.05, 0) is 80.5 Å². The molecule has 0 heterocycles. The molecule has 134 valence electrons. The van der Waals surface area contributed by atoms with E-state index in [0.29, 0.717) is 23.0 Å². The minimum atomic E-state index is -0.129. The highest BCUT2D eigenvalue weighted by Gasteiger charge is 2.60. The van der Waals surface area contributed by atoms with E-state index >= 15 is 0 Å². The Morgan fingerprint density at radius 1 is 1.04 bits per heavy atom. The lowest BCUT2D eigenvalue weighted by molar-refractivity contribution is -0.160. The van der Waals surface area contributed by atoms with E-state index < -0.39 is 0 Å². The van der Waals surface area contributed by atoms with Crippen LogP contribution >= 0.6 is 0 Å². The molecule has 0 spiro atoms. The Labute approximate surface area is 145 Å². The van der Waals surface area contributed by atoms with Gasteiger partial charge in [-0.2, -0.15) is 0 Å². The Morgan fingerprint density at radius 2 is 1.83 bits per heavy atom. The number of fused-ring (bicyclic) bond motifs is 5. The first-order valence-electron chi connectivity index (χ1n) is 10.0. The van der Waals surface area contributed by atoms with Crippen molar-refractivity contribution in [2.75, 3.05) is 0 Å². The average Bonchev–Trinajstić information content (AvgIpc) is 2.83. The maximum absolute atomic E-state index is 12.5. The highest BCUT2D eigenvalue weighted by molar-refractivity contribution is 5.87. The van der Waals surface area contributed by atoms with E-state index in [-0.39, 0.29) is 17.5 Å². The molecular formula is C21H32O3. The lowest BCUT2D eigenvalue weighted by Gasteiger charge is -2.60. The van der Waals surface area contributed by atoms with Gasteiger partial charge < -0.3 is 4.74 Å². The molecule has 0 unspecified atom stereocenters. The number of ether oxygens (including phenoxy) is 1. The van der Waals surface area contributed by atoms with E-state index in [1.54, 1.807) is 0 Å². The molecule has 0 aliphatic heterocycles. The first-order valence-corrected chi connectivity index (χ1v) is 10.0. The van der Waals surface area contributed by atoms with Crippen LogP contribution in [0, 0.1) is 34.5 Å². The monoisotopic (exact) mass is 332 g/mol. The number of hydrogen-bond acceptors (Lipinski definition) is 3. The summed E-state index contributed by atoms with van der Waals surface area (Å²) in [5, 5.41) is 0. The van der Waals surface area contributed by atoms with Crippen molar-refractivity contribution in [1.82, 2.24) is 0 Å². The Hall–Kier alpha value is -0.860. The van der Waals surface area contributed by atoms with Gasteiger partial charge in [0.05, 0.1) is 0 Å². The lowest BCUT2D eigenvalue weighted by atomic mass is 9.45. The standard InChI is InChI=1S/C21H32O3/c1-13(22)24-15-8-10-20(2)14(12-15)4-5-16-17-6-7-19(23)21(17,3)11-9-18(16)20/h14-18H,4-12H2,1-3H3/t14-,15+,16+,17-,18+,20-,21-/m0/s1. The first kappa shape index (κ1) is 16.6. The fraction of sp³-hybridized carbons (Fsp3) is 0.905. The number of carbonyl (C=O) groups excluding carboxylic acids is 2. The molecule has 7 atom stereocenters. The third-order valence-corrected chi connectivity index (χ3v) is 8.66. The van der Waals surface area contributed by atoms with E-state index in [9.17, 15) is 9.59 Å². The summed E-state index contributed by atoms with van der Waals surface area (Å²) in [4.78, 5) is 23.8. The van der Waals surface area contributed by atoms with Crippen molar-refractivity contribution in [2.45, 2.75) is 84.7 Å². The van der Waals surface area contributed by atoms with Crippen LogP contribution in [0.5, 0.6) is 0 Å². The number of hydrogen-bond donors (Lipinski definition) is 0. The molecule has 0 N–H and O–H groups in total. The van der Waals surface area contributed by atoms with Gasteiger partial charge in [0, 0.05) is 18.8 Å². The maximum Gasteiger partial charge on any atom is 0.302 e. The molecule has 4 saturated carbocycles. The third-order valence-electron chi connectivity index (χ3n) is 8.66. The van der Waals surface area contributed by atoms with E-state index in [1.807, 2.05) is 0 Å². The van der Waals surface area contributed by atoms with Gasteiger partial charge in [-0.25, -0.2) is 0 Å². The highest BCUT2D eigenvalue weighted by Crippen LogP contribution is 2.65. The summed E-state index contributed by atoms with van der Waals surface area (Å²) in [6, 6.07) is 0. The molecule has 3 nitrogen and oxygen atoms in total. The molecule has 3 heteroatoms. The first-order chi connectivity index (χ1) is 11.3. The minimum absolute atomic E-state index is 0.0146. The van der Waals surface area contributed by atoms with Crippen LogP contribution in [0.1, 0.15) is 78.6 Å². The van der Waals surface area contributed by atoms with Crippen LogP contribution in [-0.4, -0.2) is 17.9 Å². The summed E-state index contributed by atoms with van der Waals surface area (Å²) in [6.07, 6.45) is 10.2. The summed E-state index contributed by atoms with van der Waals surface area (Å²) < 4.78 is 5.54. The van der Waals surface area contributed by atoms with Gasteiger partial charge in [0.2, 0.25) is 0 Å². The minimum Gasteiger partial charge on any atom is -0.463 e. The largest absolute Gasteiger partial charge is 0.463 e. The number of carbonyl (C=O) groups is 2. The van der Waals surface area contributed by atoms with Crippen molar-refractivity contribution in [2.24, 2.45) is 34.5 Å². The van der Waals surface area contributed by atoms with Crippen molar-refractivity contribution in [3.63, 3.8) is 0 Å². The summed E-state index contributed by atoms with van der Waals surface area (Å²) in [7, 11) is 0. The smallest absolute Gasteiger partial charge is 0.302 e. The molecule has 0 radical (unpaired) electrons. The van der Waals surface area contributed by atoms with Gasteiger partial charge in [0.15, 0.2) is 0 Å². The normalized spacial score (nSPS) is 50.6. The molecule has 4 fully saturated rings. The molecule has 0 aromatic carbocycles. The Morgan fingerprint density at radius 3 is 2.58 bits per heavy atom. The van der Waals surface area contributed by atoms with Gasteiger partial charge in [-0.15, -0.1) is 0 Å². The molecule has 0 saturated heterocycles. The number of Topliss-reactive ketones (excluding diaryl/α,β-unsaturated/α-hetero) is 1. The molecule has 4 aliphatic rings. The zero-order chi connectivity index (χ0) is 17.1. The highest BCUT2D eigenvalue weighted by atomic mass is 16.5. The van der Waals surface area contributed by atoms with Crippen LogP contribution < -0.4 is 0 Å². The summed E-state index contributed by atoms with van der Waals surface area (Å²) in [6.45, 7) is 6.30. The summed E-state index contributed by atoms with van der Waals surface area (Å²) in [5.41, 5.74) is 0.381. The van der Waals surface area contributed by atoms with E-state index in [2.05, 4.69) is 13.8 Å². The van der Waals surface area contributed by atoms with Crippen molar-refractivity contribution in [1.29, 1.82) is 0 Å². The molecule has 0 amide bonds. The van der Waals surface area contributed by atoms with Crippen LogP contribution in [0.3, 0.4) is 0 Å². The second-order valence-electron chi connectivity index (χ2n) is 9.58. The average molecular weight is 332 g/mol. The quantitative estimate of drug-likeness (QED) is 0.663. The Kier molecular flexibility index (Phi) is 3.85. The predicted octanol–water partition coefficient (Wildman–Crippen LogP) is 4.53. The van der Waals surface area contributed by atoms with Crippen molar-refractivity contribution < 1.29 is 14.3 Å². The molecule has 4 aliphatic carbocycles. The Balaban J connectivity index is 1.54. The zero-order valence-corrected chi connectivity index (χ0v) is 15.5. The van der Waals surface area contributed by atoms with E-state index in [1.165, 1.54) is 32.6 Å². The molecule has 24 heavy (non-hydrogen) atoms.